The number of esters is 3. The molecule has 0 aromatic carbocycles. The number of ether oxygens (including phenoxy) is 3. The minimum atomic E-state index is -0.820. The minimum Gasteiger partial charge on any atom is -0.462 e. The van der Waals surface area contributed by atoms with Crippen LogP contribution in [-0.4, -0.2) is 37.2 Å². The van der Waals surface area contributed by atoms with Crippen molar-refractivity contribution in [3.8, 4) is 0 Å². The van der Waals surface area contributed by atoms with Crippen LogP contribution >= 0.6 is 0 Å². The molecule has 0 aromatic rings. The molecule has 0 heterocycles. The molecule has 0 radical (unpaired) electrons. The topological polar surface area (TPSA) is 78.9 Å². The number of hydrogen-bond acceptors (Lipinski definition) is 6. The van der Waals surface area contributed by atoms with Crippen molar-refractivity contribution in [3.63, 3.8) is 0 Å². The number of carbonyl (C=O) groups is 3. The molecule has 0 rings (SSSR count). The summed E-state index contributed by atoms with van der Waals surface area (Å²) in [4.78, 5) is 38.0. The van der Waals surface area contributed by atoms with E-state index in [-0.39, 0.29) is 37.5 Å². The van der Waals surface area contributed by atoms with Gasteiger partial charge < -0.3 is 14.2 Å². The summed E-state index contributed by atoms with van der Waals surface area (Å²) in [6, 6.07) is 0. The average molecular weight is 897 g/mol. The van der Waals surface area contributed by atoms with Crippen molar-refractivity contribution in [2.24, 2.45) is 0 Å². The van der Waals surface area contributed by atoms with Gasteiger partial charge in [-0.3, -0.25) is 14.4 Å². The highest BCUT2D eigenvalue weighted by atomic mass is 16.6. The van der Waals surface area contributed by atoms with Crippen LogP contribution in [0.25, 0.3) is 0 Å². The van der Waals surface area contributed by atoms with E-state index in [4.69, 9.17) is 14.2 Å². The van der Waals surface area contributed by atoms with Gasteiger partial charge in [0.25, 0.3) is 0 Å². The first kappa shape index (κ1) is 60.5. The molecule has 6 heteroatoms. The highest BCUT2D eigenvalue weighted by molar-refractivity contribution is 5.71. The number of allylic oxidation sites excluding steroid dienone is 22. The van der Waals surface area contributed by atoms with Gasteiger partial charge in [0.2, 0.25) is 0 Å². The van der Waals surface area contributed by atoms with Gasteiger partial charge in [0.1, 0.15) is 13.2 Å². The first-order valence-corrected chi connectivity index (χ1v) is 25.8. The minimum absolute atomic E-state index is 0.113. The Bertz CT molecular complexity index is 1450. The smallest absolute Gasteiger partial charge is 0.306 e. The number of carbonyl (C=O) groups excluding carboxylic acids is 3. The van der Waals surface area contributed by atoms with E-state index in [9.17, 15) is 14.4 Å². The van der Waals surface area contributed by atoms with Crippen molar-refractivity contribution in [2.75, 3.05) is 13.2 Å². The van der Waals surface area contributed by atoms with Gasteiger partial charge in [-0.2, -0.15) is 0 Å². The second-order valence-electron chi connectivity index (χ2n) is 16.5. The van der Waals surface area contributed by atoms with Gasteiger partial charge in [0.05, 0.1) is 0 Å². The monoisotopic (exact) mass is 897 g/mol. The van der Waals surface area contributed by atoms with Gasteiger partial charge in [-0.1, -0.05) is 231 Å². The summed E-state index contributed by atoms with van der Waals surface area (Å²) in [6.45, 7) is 6.16. The van der Waals surface area contributed by atoms with Crippen LogP contribution in [0.1, 0.15) is 201 Å². The number of rotatable bonds is 44. The molecule has 0 amide bonds. The molecular formula is C59H92O6. The maximum Gasteiger partial charge on any atom is 0.306 e. The normalized spacial score (nSPS) is 13.2. The van der Waals surface area contributed by atoms with E-state index in [1.54, 1.807) is 0 Å². The van der Waals surface area contributed by atoms with Gasteiger partial charge in [-0.25, -0.2) is 0 Å². The summed E-state index contributed by atoms with van der Waals surface area (Å²) >= 11 is 0. The summed E-state index contributed by atoms with van der Waals surface area (Å²) in [7, 11) is 0. The summed E-state index contributed by atoms with van der Waals surface area (Å²) in [5.74, 6) is -1.02. The van der Waals surface area contributed by atoms with Crippen molar-refractivity contribution < 1.29 is 28.6 Å². The largest absolute Gasteiger partial charge is 0.462 e. The molecule has 1 unspecified atom stereocenters. The van der Waals surface area contributed by atoms with Gasteiger partial charge >= 0.3 is 17.9 Å². The Hall–Kier alpha value is -4.45. The van der Waals surface area contributed by atoms with Crippen molar-refractivity contribution >= 4 is 17.9 Å². The van der Waals surface area contributed by atoms with Crippen LogP contribution in [0, 0.1) is 0 Å². The molecule has 0 fully saturated rings. The van der Waals surface area contributed by atoms with Crippen LogP contribution in [0.5, 0.6) is 0 Å². The second-order valence-corrected chi connectivity index (χ2v) is 16.5. The molecule has 0 saturated heterocycles. The summed E-state index contributed by atoms with van der Waals surface area (Å²) in [5, 5.41) is 0. The van der Waals surface area contributed by atoms with E-state index in [0.717, 1.165) is 96.3 Å². The average Bonchev–Trinajstić information content (AvgIpc) is 3.30. The maximum atomic E-state index is 12.8. The van der Waals surface area contributed by atoms with E-state index in [1.807, 2.05) is 54.7 Å². The predicted molar refractivity (Wildman–Crippen MR) is 279 cm³/mol. The molecule has 0 N–H and O–H groups in total. The van der Waals surface area contributed by atoms with Crippen LogP contribution in [0.4, 0.5) is 0 Å². The lowest BCUT2D eigenvalue weighted by molar-refractivity contribution is -0.167. The molecular weight excluding hydrogens is 805 g/mol. The molecule has 1 atom stereocenters. The van der Waals surface area contributed by atoms with E-state index < -0.39 is 6.10 Å². The van der Waals surface area contributed by atoms with Crippen LogP contribution in [0.3, 0.4) is 0 Å². The highest BCUT2D eigenvalue weighted by Gasteiger charge is 2.19. The van der Waals surface area contributed by atoms with Crippen LogP contribution in [0.15, 0.2) is 134 Å². The third kappa shape index (κ3) is 50.4. The SMILES string of the molecule is CC/C=C/C=C/C=C/C=C/C=C/CCCC(=O)OCC(COC(=O)CCCCCCCCCCC/C=C/C/C=C/C/C=C/CC)OC(=O)CCCCCCCCC/C=C/C=C/C=C/CC. The Morgan fingerprint density at radius 1 is 0.323 bits per heavy atom. The molecule has 0 bridgehead atoms. The highest BCUT2D eigenvalue weighted by Crippen LogP contribution is 2.14. The molecule has 0 aromatic heterocycles. The predicted octanol–water partition coefficient (Wildman–Crippen LogP) is 17.1. The van der Waals surface area contributed by atoms with Crippen molar-refractivity contribution in [3.05, 3.63) is 134 Å². The van der Waals surface area contributed by atoms with Crippen LogP contribution in [-0.2, 0) is 28.6 Å². The van der Waals surface area contributed by atoms with Crippen molar-refractivity contribution in [1.29, 1.82) is 0 Å². The number of hydrogen-bond donors (Lipinski definition) is 0. The third-order valence-electron chi connectivity index (χ3n) is 10.3. The summed E-state index contributed by atoms with van der Waals surface area (Å²) in [5.41, 5.74) is 0. The fraction of sp³-hybridized carbons (Fsp3) is 0.576. The Balaban J connectivity index is 4.49. The Morgan fingerprint density at radius 2 is 0.646 bits per heavy atom. The quantitative estimate of drug-likeness (QED) is 0.0199. The summed E-state index contributed by atoms with van der Waals surface area (Å²) in [6.07, 6.45) is 73.0. The van der Waals surface area contributed by atoms with Crippen LogP contribution < -0.4 is 0 Å². The standard InChI is InChI=1S/C59H92O6/c1-4-7-10-13-16-19-22-25-27-28-29-30-32-34-37-40-43-46-49-52-58(61)64-55-56(54-63-57(60)51-48-45-42-39-36-33-24-21-18-15-12-9-6-3)65-59(62)53-50-47-44-41-38-35-31-26-23-20-17-14-11-8-5-2/h7-12,14-21,23-25,27,33,36,39,42,56H,4-6,13,22,26,28-32,34-35,37-38,40-41,43-55H2,1-3H3/b10-7+,11-8+,12-9+,17-14+,18-15+,19-16+,23-20+,24-21+,27-25+,36-33+,42-39+. The Morgan fingerprint density at radius 3 is 1.11 bits per heavy atom. The van der Waals surface area contributed by atoms with Gasteiger partial charge in [0, 0.05) is 19.3 Å². The fourth-order valence-corrected chi connectivity index (χ4v) is 6.54. The Labute approximate surface area is 398 Å². The van der Waals surface area contributed by atoms with Crippen molar-refractivity contribution in [2.45, 2.75) is 207 Å². The molecule has 65 heavy (non-hydrogen) atoms. The number of unbranched alkanes of at least 4 members (excludes halogenated alkanes) is 17. The lowest BCUT2D eigenvalue weighted by Gasteiger charge is -2.18. The molecule has 364 valence electrons. The molecule has 0 spiro atoms. The fourth-order valence-electron chi connectivity index (χ4n) is 6.54. The van der Waals surface area contributed by atoms with Crippen molar-refractivity contribution in [1.82, 2.24) is 0 Å². The van der Waals surface area contributed by atoms with Gasteiger partial charge in [0.15, 0.2) is 6.10 Å². The first-order chi connectivity index (χ1) is 32.0. The molecule has 0 saturated carbocycles. The third-order valence-corrected chi connectivity index (χ3v) is 10.3. The lowest BCUT2D eigenvalue weighted by atomic mass is 10.1. The zero-order valence-corrected chi connectivity index (χ0v) is 41.4. The Kier molecular flexibility index (Phi) is 48.6. The summed E-state index contributed by atoms with van der Waals surface area (Å²) < 4.78 is 16.7. The molecule has 0 aliphatic heterocycles. The first-order valence-electron chi connectivity index (χ1n) is 25.8. The van der Waals surface area contributed by atoms with E-state index in [2.05, 4.69) is 99.8 Å². The van der Waals surface area contributed by atoms with Gasteiger partial charge in [-0.15, -0.1) is 0 Å². The maximum absolute atomic E-state index is 12.8. The van der Waals surface area contributed by atoms with E-state index in [0.29, 0.717) is 19.3 Å². The van der Waals surface area contributed by atoms with E-state index in [1.165, 1.54) is 57.8 Å². The second kappa shape index (κ2) is 52.2. The molecule has 0 aliphatic carbocycles. The zero-order valence-electron chi connectivity index (χ0n) is 41.4. The van der Waals surface area contributed by atoms with E-state index >= 15 is 0 Å². The van der Waals surface area contributed by atoms with Gasteiger partial charge in [-0.05, 0) is 83.5 Å². The molecule has 0 aliphatic rings. The molecule has 6 nitrogen and oxygen atoms in total. The van der Waals surface area contributed by atoms with Crippen LogP contribution in [0.2, 0.25) is 0 Å². The lowest BCUT2D eigenvalue weighted by Crippen LogP contribution is -2.30. The zero-order chi connectivity index (χ0) is 47.2.